The van der Waals surface area contributed by atoms with Crippen molar-refractivity contribution >= 4 is 32.6 Å². The van der Waals surface area contributed by atoms with Gasteiger partial charge in [-0.25, -0.2) is 4.98 Å². The molecular formula is C10H16BrN3S. The zero-order valence-corrected chi connectivity index (χ0v) is 11.4. The molecular weight excluding hydrogens is 274 g/mol. The number of alkyl halides is 1. The van der Waals surface area contributed by atoms with Gasteiger partial charge in [-0.1, -0.05) is 15.9 Å². The zero-order valence-electron chi connectivity index (χ0n) is 8.95. The highest BCUT2D eigenvalue weighted by Gasteiger charge is 2.28. The van der Waals surface area contributed by atoms with Crippen molar-refractivity contribution in [2.45, 2.75) is 32.1 Å². The summed E-state index contributed by atoms with van der Waals surface area (Å²) in [5.74, 6) is 1.75. The molecule has 0 radical (unpaired) electrons. The van der Waals surface area contributed by atoms with E-state index in [4.69, 9.17) is 0 Å². The van der Waals surface area contributed by atoms with Gasteiger partial charge in [0.05, 0.1) is 0 Å². The van der Waals surface area contributed by atoms with Crippen LogP contribution in [-0.4, -0.2) is 27.8 Å². The van der Waals surface area contributed by atoms with Crippen molar-refractivity contribution < 1.29 is 0 Å². The summed E-state index contributed by atoms with van der Waals surface area (Å²) >= 11 is 5.01. The van der Waals surface area contributed by atoms with Gasteiger partial charge in [-0.2, -0.15) is 4.37 Å². The van der Waals surface area contributed by atoms with Crippen LogP contribution < -0.4 is 4.90 Å². The molecule has 1 aliphatic carbocycles. The standard InChI is InChI=1S/C10H16BrN3S/c1-2-14(7-3-6-11)10-12-9(13-15-10)8-4-5-8/h8H,2-7H2,1H3. The van der Waals surface area contributed by atoms with Gasteiger partial charge < -0.3 is 4.90 Å². The highest BCUT2D eigenvalue weighted by molar-refractivity contribution is 9.09. The Kier molecular flexibility index (Phi) is 3.97. The Labute approximate surface area is 103 Å². The summed E-state index contributed by atoms with van der Waals surface area (Å²) in [6.45, 7) is 4.26. The molecule has 0 spiro atoms. The molecule has 0 N–H and O–H groups in total. The Bertz CT molecular complexity index is 311. The lowest BCUT2D eigenvalue weighted by Gasteiger charge is -2.18. The number of rotatable bonds is 6. The molecule has 0 aliphatic heterocycles. The molecule has 0 saturated heterocycles. The summed E-state index contributed by atoms with van der Waals surface area (Å²) < 4.78 is 4.43. The van der Waals surface area contributed by atoms with E-state index in [1.54, 1.807) is 11.5 Å². The van der Waals surface area contributed by atoms with Gasteiger partial charge in [-0.15, -0.1) is 0 Å². The van der Waals surface area contributed by atoms with Crippen LogP contribution in [0.4, 0.5) is 5.13 Å². The van der Waals surface area contributed by atoms with Gasteiger partial charge in [0.1, 0.15) is 5.82 Å². The second-order valence-corrected chi connectivity index (χ2v) is 5.35. The second-order valence-electron chi connectivity index (χ2n) is 3.83. The minimum Gasteiger partial charge on any atom is -0.347 e. The smallest absolute Gasteiger partial charge is 0.205 e. The van der Waals surface area contributed by atoms with Gasteiger partial charge in [0.15, 0.2) is 0 Å². The zero-order chi connectivity index (χ0) is 10.7. The van der Waals surface area contributed by atoms with Crippen molar-refractivity contribution in [1.29, 1.82) is 0 Å². The van der Waals surface area contributed by atoms with Crippen LogP contribution in [0, 0.1) is 0 Å². The van der Waals surface area contributed by atoms with Crippen LogP contribution in [0.5, 0.6) is 0 Å². The third kappa shape index (κ3) is 2.91. The number of anilines is 1. The van der Waals surface area contributed by atoms with E-state index in [0.29, 0.717) is 5.92 Å². The number of hydrogen-bond donors (Lipinski definition) is 0. The van der Waals surface area contributed by atoms with E-state index in [1.807, 2.05) is 0 Å². The van der Waals surface area contributed by atoms with E-state index in [-0.39, 0.29) is 0 Å². The maximum absolute atomic E-state index is 4.61. The Morgan fingerprint density at radius 2 is 2.33 bits per heavy atom. The lowest BCUT2D eigenvalue weighted by molar-refractivity contribution is 0.790. The summed E-state index contributed by atoms with van der Waals surface area (Å²) in [6, 6.07) is 0. The van der Waals surface area contributed by atoms with Crippen LogP contribution in [0.3, 0.4) is 0 Å². The lowest BCUT2D eigenvalue weighted by atomic mass is 10.4. The molecule has 1 aliphatic rings. The van der Waals surface area contributed by atoms with Crippen molar-refractivity contribution in [3.63, 3.8) is 0 Å². The molecule has 1 heterocycles. The Balaban J connectivity index is 1.98. The summed E-state index contributed by atoms with van der Waals surface area (Å²) in [5, 5.41) is 2.15. The quantitative estimate of drug-likeness (QED) is 0.754. The van der Waals surface area contributed by atoms with Crippen LogP contribution >= 0.6 is 27.5 Å². The fourth-order valence-electron chi connectivity index (χ4n) is 1.50. The van der Waals surface area contributed by atoms with E-state index >= 15 is 0 Å². The fourth-order valence-corrected chi connectivity index (χ4v) is 2.59. The molecule has 5 heteroatoms. The van der Waals surface area contributed by atoms with Crippen LogP contribution in [0.1, 0.15) is 37.9 Å². The summed E-state index contributed by atoms with van der Waals surface area (Å²) in [7, 11) is 0. The molecule has 0 aromatic carbocycles. The molecule has 84 valence electrons. The highest BCUT2D eigenvalue weighted by Crippen LogP contribution is 2.39. The minimum absolute atomic E-state index is 0.671. The van der Waals surface area contributed by atoms with Crippen LogP contribution in [-0.2, 0) is 0 Å². The third-order valence-corrected chi connectivity index (χ3v) is 3.94. The predicted molar refractivity (Wildman–Crippen MR) is 68.2 cm³/mol. The number of hydrogen-bond acceptors (Lipinski definition) is 4. The van der Waals surface area contributed by atoms with E-state index in [0.717, 1.165) is 35.8 Å². The normalized spacial score (nSPS) is 15.6. The van der Waals surface area contributed by atoms with Crippen molar-refractivity contribution in [2.75, 3.05) is 23.3 Å². The number of aromatic nitrogens is 2. The predicted octanol–water partition coefficient (Wildman–Crippen LogP) is 3.03. The maximum Gasteiger partial charge on any atom is 0.205 e. The average Bonchev–Trinajstić information content (AvgIpc) is 3.00. The molecule has 2 rings (SSSR count). The molecule has 0 bridgehead atoms. The van der Waals surface area contributed by atoms with Gasteiger partial charge in [-0.05, 0) is 26.2 Å². The Morgan fingerprint density at radius 3 is 2.93 bits per heavy atom. The van der Waals surface area contributed by atoms with Crippen LogP contribution in [0.2, 0.25) is 0 Å². The minimum atomic E-state index is 0.671. The summed E-state index contributed by atoms with van der Waals surface area (Å²) in [5.41, 5.74) is 0. The molecule has 15 heavy (non-hydrogen) atoms. The molecule has 0 unspecified atom stereocenters. The summed E-state index contributed by atoms with van der Waals surface area (Å²) in [6.07, 6.45) is 3.72. The molecule has 1 saturated carbocycles. The van der Waals surface area contributed by atoms with Crippen LogP contribution in [0.25, 0.3) is 0 Å². The van der Waals surface area contributed by atoms with E-state index in [9.17, 15) is 0 Å². The molecule has 0 atom stereocenters. The van der Waals surface area contributed by atoms with E-state index < -0.39 is 0 Å². The number of halogens is 1. The second kappa shape index (κ2) is 5.25. The monoisotopic (exact) mass is 289 g/mol. The van der Waals surface area contributed by atoms with Crippen LogP contribution in [0.15, 0.2) is 0 Å². The molecule has 3 nitrogen and oxygen atoms in total. The summed E-state index contributed by atoms with van der Waals surface area (Å²) in [4.78, 5) is 6.92. The van der Waals surface area contributed by atoms with Crippen molar-refractivity contribution in [3.8, 4) is 0 Å². The number of nitrogens with zero attached hydrogens (tertiary/aromatic N) is 3. The Hall–Kier alpha value is -0.160. The van der Waals surface area contributed by atoms with Gasteiger partial charge >= 0.3 is 0 Å². The maximum atomic E-state index is 4.61. The van der Waals surface area contributed by atoms with Gasteiger partial charge in [0.2, 0.25) is 5.13 Å². The van der Waals surface area contributed by atoms with Crippen molar-refractivity contribution in [2.24, 2.45) is 0 Å². The first-order chi connectivity index (χ1) is 7.35. The first kappa shape index (κ1) is 11.3. The highest BCUT2D eigenvalue weighted by atomic mass is 79.9. The van der Waals surface area contributed by atoms with Crippen molar-refractivity contribution in [1.82, 2.24) is 9.36 Å². The largest absolute Gasteiger partial charge is 0.347 e. The fraction of sp³-hybridized carbons (Fsp3) is 0.800. The first-order valence-electron chi connectivity index (χ1n) is 5.49. The topological polar surface area (TPSA) is 29.0 Å². The third-order valence-electron chi connectivity index (χ3n) is 2.59. The van der Waals surface area contributed by atoms with E-state index in [1.165, 1.54) is 12.8 Å². The lowest BCUT2D eigenvalue weighted by Crippen LogP contribution is -2.23. The van der Waals surface area contributed by atoms with Gasteiger partial charge in [0, 0.05) is 35.9 Å². The molecule has 1 aromatic rings. The van der Waals surface area contributed by atoms with E-state index in [2.05, 4.69) is 37.1 Å². The van der Waals surface area contributed by atoms with Crippen molar-refractivity contribution in [3.05, 3.63) is 5.82 Å². The molecule has 0 amide bonds. The SMILES string of the molecule is CCN(CCCBr)c1nc(C2CC2)ns1. The Morgan fingerprint density at radius 1 is 1.53 bits per heavy atom. The molecule has 1 fully saturated rings. The molecule has 1 aromatic heterocycles. The van der Waals surface area contributed by atoms with Gasteiger partial charge in [-0.3, -0.25) is 0 Å². The van der Waals surface area contributed by atoms with Gasteiger partial charge in [0.25, 0.3) is 0 Å². The first-order valence-corrected chi connectivity index (χ1v) is 7.39. The average molecular weight is 290 g/mol.